The molecule has 17 heavy (non-hydrogen) atoms. The van der Waals surface area contributed by atoms with Crippen molar-refractivity contribution in [1.29, 1.82) is 0 Å². The molecule has 2 nitrogen and oxygen atoms in total. The Kier molecular flexibility index (Phi) is 3.17. The lowest BCUT2D eigenvalue weighted by atomic mass is 9.79. The Hall–Kier alpha value is -1.02. The zero-order valence-electron chi connectivity index (χ0n) is 11.3. The Morgan fingerprint density at radius 2 is 2.06 bits per heavy atom. The van der Waals surface area contributed by atoms with E-state index in [2.05, 4.69) is 32.9 Å². The van der Waals surface area contributed by atoms with Crippen molar-refractivity contribution in [1.82, 2.24) is 0 Å². The fourth-order valence-corrected chi connectivity index (χ4v) is 3.06. The summed E-state index contributed by atoms with van der Waals surface area (Å²) in [6.07, 6.45) is 3.34. The smallest absolute Gasteiger partial charge is 0.125 e. The first-order valence-corrected chi connectivity index (χ1v) is 6.38. The molecule has 2 rings (SSSR count). The number of ether oxygens (including phenoxy) is 1. The number of rotatable bonds is 2. The molecule has 1 fully saturated rings. The second-order valence-electron chi connectivity index (χ2n) is 5.65. The molecule has 0 spiro atoms. The van der Waals surface area contributed by atoms with E-state index in [0.717, 1.165) is 25.0 Å². The van der Waals surface area contributed by atoms with Crippen LogP contribution in [-0.2, 0) is 5.41 Å². The van der Waals surface area contributed by atoms with Crippen LogP contribution in [0.15, 0.2) is 12.1 Å². The van der Waals surface area contributed by atoms with Crippen molar-refractivity contribution < 1.29 is 4.74 Å². The summed E-state index contributed by atoms with van der Waals surface area (Å²) >= 11 is 0. The highest BCUT2D eigenvalue weighted by Crippen LogP contribution is 2.45. The quantitative estimate of drug-likeness (QED) is 0.852. The summed E-state index contributed by atoms with van der Waals surface area (Å²) in [7, 11) is 1.77. The summed E-state index contributed by atoms with van der Waals surface area (Å²) in [5, 5.41) is 0. The second kappa shape index (κ2) is 4.34. The maximum atomic E-state index is 6.07. The van der Waals surface area contributed by atoms with E-state index in [0.29, 0.717) is 6.04 Å². The number of hydrogen-bond acceptors (Lipinski definition) is 2. The zero-order valence-corrected chi connectivity index (χ0v) is 11.3. The van der Waals surface area contributed by atoms with Crippen molar-refractivity contribution >= 4 is 0 Å². The fourth-order valence-electron chi connectivity index (χ4n) is 3.06. The molecule has 94 valence electrons. The van der Waals surface area contributed by atoms with Gasteiger partial charge in [0.2, 0.25) is 0 Å². The Labute approximate surface area is 104 Å². The van der Waals surface area contributed by atoms with Gasteiger partial charge in [0.15, 0.2) is 0 Å². The van der Waals surface area contributed by atoms with Gasteiger partial charge in [-0.3, -0.25) is 0 Å². The summed E-state index contributed by atoms with van der Waals surface area (Å²) in [4.78, 5) is 0. The fraction of sp³-hybridized carbons (Fsp3) is 0.600. The summed E-state index contributed by atoms with van der Waals surface area (Å²) in [5.41, 5.74) is 10.1. The molecule has 0 bridgehead atoms. The van der Waals surface area contributed by atoms with Gasteiger partial charge in [-0.05, 0) is 49.7 Å². The van der Waals surface area contributed by atoms with Crippen molar-refractivity contribution in [3.05, 3.63) is 28.8 Å². The molecule has 0 aliphatic heterocycles. The van der Waals surface area contributed by atoms with Crippen LogP contribution in [0.4, 0.5) is 0 Å². The average molecular weight is 233 g/mol. The number of benzene rings is 1. The number of hydrogen-bond donors (Lipinski definition) is 1. The molecule has 0 radical (unpaired) electrons. The van der Waals surface area contributed by atoms with Crippen molar-refractivity contribution in [3.8, 4) is 5.75 Å². The van der Waals surface area contributed by atoms with Crippen molar-refractivity contribution in [2.45, 2.75) is 51.5 Å². The number of methoxy groups -OCH3 is 1. The Balaban J connectivity index is 2.49. The topological polar surface area (TPSA) is 35.2 Å². The first-order chi connectivity index (χ1) is 7.98. The molecule has 0 amide bonds. The maximum Gasteiger partial charge on any atom is 0.125 e. The molecule has 2 unspecified atom stereocenters. The van der Waals surface area contributed by atoms with Gasteiger partial charge in [-0.1, -0.05) is 19.1 Å². The zero-order chi connectivity index (χ0) is 12.6. The minimum atomic E-state index is 0.184. The highest BCUT2D eigenvalue weighted by Gasteiger charge is 2.37. The standard InChI is InChI=1S/C15H23NO/c1-10-5-6-13(14(17-4)11(10)2)15(3)8-7-12(16)9-15/h5-6,12H,7-9,16H2,1-4H3. The van der Waals surface area contributed by atoms with Crippen LogP contribution in [0.5, 0.6) is 5.75 Å². The normalized spacial score (nSPS) is 28.4. The molecule has 1 aromatic rings. The van der Waals surface area contributed by atoms with E-state index >= 15 is 0 Å². The summed E-state index contributed by atoms with van der Waals surface area (Å²) in [6, 6.07) is 4.76. The molecule has 2 heteroatoms. The molecular formula is C15H23NO. The minimum Gasteiger partial charge on any atom is -0.496 e. The number of aryl methyl sites for hydroxylation is 1. The Morgan fingerprint density at radius 3 is 2.59 bits per heavy atom. The lowest BCUT2D eigenvalue weighted by Crippen LogP contribution is -2.23. The lowest BCUT2D eigenvalue weighted by molar-refractivity contribution is 0.382. The van der Waals surface area contributed by atoms with Gasteiger partial charge in [0.05, 0.1) is 7.11 Å². The molecule has 1 aliphatic rings. The van der Waals surface area contributed by atoms with Crippen LogP contribution in [-0.4, -0.2) is 13.2 Å². The van der Waals surface area contributed by atoms with Crippen LogP contribution in [0.2, 0.25) is 0 Å². The predicted molar refractivity (Wildman–Crippen MR) is 71.6 cm³/mol. The van der Waals surface area contributed by atoms with E-state index in [-0.39, 0.29) is 5.41 Å². The monoisotopic (exact) mass is 233 g/mol. The highest BCUT2D eigenvalue weighted by molar-refractivity contribution is 5.49. The van der Waals surface area contributed by atoms with Crippen LogP contribution in [0.1, 0.15) is 42.9 Å². The molecule has 1 aromatic carbocycles. The second-order valence-corrected chi connectivity index (χ2v) is 5.65. The minimum absolute atomic E-state index is 0.184. The van der Waals surface area contributed by atoms with E-state index in [4.69, 9.17) is 10.5 Å². The summed E-state index contributed by atoms with van der Waals surface area (Å²) < 4.78 is 5.63. The molecule has 0 aromatic heterocycles. The molecule has 2 N–H and O–H groups in total. The van der Waals surface area contributed by atoms with Crippen molar-refractivity contribution in [2.24, 2.45) is 5.73 Å². The van der Waals surface area contributed by atoms with E-state index < -0.39 is 0 Å². The van der Waals surface area contributed by atoms with E-state index in [1.807, 2.05) is 0 Å². The molecule has 1 aliphatic carbocycles. The van der Waals surface area contributed by atoms with Crippen LogP contribution in [0.25, 0.3) is 0 Å². The van der Waals surface area contributed by atoms with Crippen LogP contribution >= 0.6 is 0 Å². The van der Waals surface area contributed by atoms with Crippen molar-refractivity contribution in [3.63, 3.8) is 0 Å². The van der Waals surface area contributed by atoms with Gasteiger partial charge in [0.1, 0.15) is 5.75 Å². The Bertz CT molecular complexity index is 427. The third-order valence-electron chi connectivity index (χ3n) is 4.31. The molecular weight excluding hydrogens is 210 g/mol. The molecule has 1 saturated carbocycles. The van der Waals surface area contributed by atoms with Gasteiger partial charge in [-0.25, -0.2) is 0 Å². The largest absolute Gasteiger partial charge is 0.496 e. The SMILES string of the molecule is COc1c(C2(C)CCC(N)C2)ccc(C)c1C. The summed E-state index contributed by atoms with van der Waals surface area (Å²) in [6.45, 7) is 6.58. The van der Waals surface area contributed by atoms with Crippen molar-refractivity contribution in [2.75, 3.05) is 7.11 Å². The third kappa shape index (κ3) is 2.06. The molecule has 0 heterocycles. The van der Waals surface area contributed by atoms with Crippen LogP contribution in [0, 0.1) is 13.8 Å². The average Bonchev–Trinajstić information content (AvgIpc) is 2.63. The first-order valence-electron chi connectivity index (χ1n) is 6.38. The molecule has 2 atom stereocenters. The maximum absolute atomic E-state index is 6.07. The van der Waals surface area contributed by atoms with Gasteiger partial charge in [0.25, 0.3) is 0 Å². The van der Waals surface area contributed by atoms with Gasteiger partial charge >= 0.3 is 0 Å². The van der Waals surface area contributed by atoms with Gasteiger partial charge in [0, 0.05) is 11.6 Å². The third-order valence-corrected chi connectivity index (χ3v) is 4.31. The van der Waals surface area contributed by atoms with E-state index in [1.54, 1.807) is 7.11 Å². The number of nitrogens with two attached hydrogens (primary N) is 1. The summed E-state index contributed by atoms with van der Waals surface area (Å²) in [5.74, 6) is 1.06. The van der Waals surface area contributed by atoms with E-state index in [9.17, 15) is 0 Å². The van der Waals surface area contributed by atoms with Crippen LogP contribution < -0.4 is 10.5 Å². The Morgan fingerprint density at radius 1 is 1.35 bits per heavy atom. The first kappa shape index (κ1) is 12.4. The van der Waals surface area contributed by atoms with Crippen LogP contribution in [0.3, 0.4) is 0 Å². The predicted octanol–water partition coefficient (Wildman–Crippen LogP) is 3.08. The lowest BCUT2D eigenvalue weighted by Gasteiger charge is -2.28. The van der Waals surface area contributed by atoms with E-state index in [1.165, 1.54) is 16.7 Å². The highest BCUT2D eigenvalue weighted by atomic mass is 16.5. The van der Waals surface area contributed by atoms with Gasteiger partial charge < -0.3 is 10.5 Å². The van der Waals surface area contributed by atoms with Gasteiger partial charge in [-0.15, -0.1) is 0 Å². The molecule has 0 saturated heterocycles. The van der Waals surface area contributed by atoms with Gasteiger partial charge in [-0.2, -0.15) is 0 Å².